The van der Waals surface area contributed by atoms with Crippen molar-refractivity contribution in [2.75, 3.05) is 13.7 Å². The van der Waals surface area contributed by atoms with Gasteiger partial charge >= 0.3 is 0 Å². The smallest absolute Gasteiger partial charge is 0.253 e. The van der Waals surface area contributed by atoms with Crippen molar-refractivity contribution >= 4 is 28.9 Å². The Bertz CT molecular complexity index is 680. The minimum absolute atomic E-state index is 0.143. The van der Waals surface area contributed by atoms with Crippen LogP contribution in [0.2, 0.25) is 5.15 Å². The molecule has 110 valence electrons. The van der Waals surface area contributed by atoms with Crippen LogP contribution in [0.3, 0.4) is 0 Å². The normalized spacial score (nSPS) is 21.4. The summed E-state index contributed by atoms with van der Waals surface area (Å²) in [5.74, 6) is 0.962. The first-order valence-corrected chi connectivity index (χ1v) is 6.94. The van der Waals surface area contributed by atoms with Crippen molar-refractivity contribution in [3.8, 4) is 11.6 Å². The highest BCUT2D eigenvalue weighted by atomic mass is 35.5. The summed E-state index contributed by atoms with van der Waals surface area (Å²) in [7, 11) is 1.59. The first-order chi connectivity index (χ1) is 10.2. The Morgan fingerprint density at radius 1 is 1.38 bits per heavy atom. The quantitative estimate of drug-likeness (QED) is 0.865. The number of methoxy groups -OCH3 is 1. The molecule has 1 aromatic heterocycles. The van der Waals surface area contributed by atoms with Crippen LogP contribution in [0.25, 0.3) is 11.0 Å². The van der Waals surface area contributed by atoms with E-state index < -0.39 is 0 Å². The average molecular weight is 308 g/mol. The SMILES string of the molecule is COc1ccc2nc(Cl)c(O[C@H]3CN[C@H](C=O)C3)nc2c1. The Kier molecular flexibility index (Phi) is 3.90. The van der Waals surface area contributed by atoms with E-state index in [1.54, 1.807) is 25.3 Å². The van der Waals surface area contributed by atoms with Gasteiger partial charge in [0.1, 0.15) is 18.1 Å². The zero-order valence-electron chi connectivity index (χ0n) is 11.4. The molecular formula is C14H14ClN3O3. The maximum absolute atomic E-state index is 10.7. The highest BCUT2D eigenvalue weighted by molar-refractivity contribution is 6.31. The second-order valence-electron chi connectivity index (χ2n) is 4.80. The number of nitrogens with one attached hydrogen (secondary N) is 1. The average Bonchev–Trinajstić information content (AvgIpc) is 2.95. The number of ether oxygens (including phenoxy) is 2. The zero-order valence-corrected chi connectivity index (χ0v) is 12.1. The van der Waals surface area contributed by atoms with E-state index in [0.29, 0.717) is 29.7 Å². The van der Waals surface area contributed by atoms with Gasteiger partial charge in [0.05, 0.1) is 24.2 Å². The van der Waals surface area contributed by atoms with E-state index in [1.807, 2.05) is 0 Å². The molecule has 0 unspecified atom stereocenters. The molecule has 1 saturated heterocycles. The van der Waals surface area contributed by atoms with Gasteiger partial charge in [-0.2, -0.15) is 0 Å². The Balaban J connectivity index is 1.87. The third-order valence-corrected chi connectivity index (χ3v) is 3.61. The number of carbonyl (C=O) groups is 1. The maximum atomic E-state index is 10.7. The molecule has 1 aliphatic heterocycles. The molecule has 0 amide bonds. The lowest BCUT2D eigenvalue weighted by Crippen LogP contribution is -2.23. The minimum atomic E-state index is -0.178. The summed E-state index contributed by atoms with van der Waals surface area (Å²) in [6, 6.07) is 5.18. The van der Waals surface area contributed by atoms with Crippen LogP contribution in [0.1, 0.15) is 6.42 Å². The molecule has 1 aromatic carbocycles. The van der Waals surface area contributed by atoms with Crippen molar-refractivity contribution < 1.29 is 14.3 Å². The third kappa shape index (κ3) is 2.91. The van der Waals surface area contributed by atoms with E-state index >= 15 is 0 Å². The first kappa shape index (κ1) is 14.0. The van der Waals surface area contributed by atoms with Crippen LogP contribution in [-0.4, -0.2) is 42.1 Å². The lowest BCUT2D eigenvalue weighted by molar-refractivity contribution is -0.109. The fourth-order valence-corrected chi connectivity index (χ4v) is 2.46. The van der Waals surface area contributed by atoms with Gasteiger partial charge in [-0.3, -0.25) is 0 Å². The van der Waals surface area contributed by atoms with Gasteiger partial charge in [-0.15, -0.1) is 0 Å². The van der Waals surface area contributed by atoms with Gasteiger partial charge in [-0.05, 0) is 12.1 Å². The largest absolute Gasteiger partial charge is 0.497 e. The Morgan fingerprint density at radius 2 is 2.24 bits per heavy atom. The molecule has 2 aromatic rings. The number of aromatic nitrogens is 2. The molecular weight excluding hydrogens is 294 g/mol. The molecule has 0 bridgehead atoms. The number of fused-ring (bicyclic) bond motifs is 1. The lowest BCUT2D eigenvalue weighted by Gasteiger charge is -2.13. The first-order valence-electron chi connectivity index (χ1n) is 6.56. The molecule has 1 N–H and O–H groups in total. The summed E-state index contributed by atoms with van der Waals surface area (Å²) < 4.78 is 10.9. The maximum Gasteiger partial charge on any atom is 0.253 e. The highest BCUT2D eigenvalue weighted by Gasteiger charge is 2.26. The van der Waals surface area contributed by atoms with Crippen LogP contribution in [0.15, 0.2) is 18.2 Å². The van der Waals surface area contributed by atoms with Crippen molar-refractivity contribution in [2.45, 2.75) is 18.6 Å². The van der Waals surface area contributed by atoms with Crippen LogP contribution in [0.5, 0.6) is 11.6 Å². The van der Waals surface area contributed by atoms with Gasteiger partial charge in [0.2, 0.25) is 0 Å². The van der Waals surface area contributed by atoms with Crippen molar-refractivity contribution in [2.24, 2.45) is 0 Å². The van der Waals surface area contributed by atoms with Gasteiger partial charge < -0.3 is 19.6 Å². The van der Waals surface area contributed by atoms with Crippen molar-refractivity contribution in [1.29, 1.82) is 0 Å². The second kappa shape index (κ2) is 5.83. The second-order valence-corrected chi connectivity index (χ2v) is 5.16. The molecule has 0 radical (unpaired) electrons. The zero-order chi connectivity index (χ0) is 14.8. The highest BCUT2D eigenvalue weighted by Crippen LogP contribution is 2.27. The van der Waals surface area contributed by atoms with E-state index in [4.69, 9.17) is 21.1 Å². The van der Waals surface area contributed by atoms with E-state index in [2.05, 4.69) is 15.3 Å². The van der Waals surface area contributed by atoms with E-state index in [-0.39, 0.29) is 23.2 Å². The molecule has 1 fully saturated rings. The number of rotatable bonds is 4. The number of carbonyl (C=O) groups excluding carboxylic acids is 1. The third-order valence-electron chi connectivity index (χ3n) is 3.37. The summed E-state index contributed by atoms with van der Waals surface area (Å²) in [4.78, 5) is 19.4. The van der Waals surface area contributed by atoms with E-state index in [0.717, 1.165) is 6.29 Å². The predicted octanol–water partition coefficient (Wildman–Crippen LogP) is 1.60. The predicted molar refractivity (Wildman–Crippen MR) is 78.0 cm³/mol. The molecule has 2 atom stereocenters. The molecule has 21 heavy (non-hydrogen) atoms. The lowest BCUT2D eigenvalue weighted by atomic mass is 10.2. The molecule has 0 saturated carbocycles. The molecule has 7 heteroatoms. The topological polar surface area (TPSA) is 73.3 Å². The molecule has 2 heterocycles. The van der Waals surface area contributed by atoms with Gasteiger partial charge in [0.15, 0.2) is 5.15 Å². The molecule has 6 nitrogen and oxygen atoms in total. The Hall–Kier alpha value is -1.92. The van der Waals surface area contributed by atoms with Crippen molar-refractivity contribution in [3.05, 3.63) is 23.4 Å². The number of benzene rings is 1. The monoisotopic (exact) mass is 307 g/mol. The van der Waals surface area contributed by atoms with Gasteiger partial charge in [0, 0.05) is 19.0 Å². The number of hydrogen-bond donors (Lipinski definition) is 1. The summed E-state index contributed by atoms with van der Waals surface area (Å²) in [5, 5.41) is 3.26. The Morgan fingerprint density at radius 3 is 2.95 bits per heavy atom. The summed E-state index contributed by atoms with van der Waals surface area (Å²) >= 11 is 6.11. The minimum Gasteiger partial charge on any atom is -0.497 e. The number of nitrogens with zero attached hydrogens (tertiary/aromatic N) is 2. The van der Waals surface area contributed by atoms with Crippen molar-refractivity contribution in [3.63, 3.8) is 0 Å². The fraction of sp³-hybridized carbons (Fsp3) is 0.357. The standard InChI is InChI=1S/C14H14ClN3O3/c1-20-9-2-3-11-12(5-9)18-14(13(15)17-11)21-10-4-8(7-19)16-6-10/h2-3,5,7-8,10,16H,4,6H2,1H3/t8-,10+/m0/s1. The summed E-state index contributed by atoms with van der Waals surface area (Å²) in [6.07, 6.45) is 1.33. The molecule has 0 spiro atoms. The van der Waals surface area contributed by atoms with Gasteiger partial charge in [-0.1, -0.05) is 11.6 Å². The summed E-state index contributed by atoms with van der Waals surface area (Å²) in [5.41, 5.74) is 1.31. The Labute approximate surface area is 126 Å². The van der Waals surface area contributed by atoms with E-state index in [1.165, 1.54) is 0 Å². The van der Waals surface area contributed by atoms with Gasteiger partial charge in [-0.25, -0.2) is 9.97 Å². The molecule has 3 rings (SSSR count). The van der Waals surface area contributed by atoms with Crippen LogP contribution in [-0.2, 0) is 4.79 Å². The number of halogens is 1. The van der Waals surface area contributed by atoms with Crippen molar-refractivity contribution in [1.82, 2.24) is 15.3 Å². The van der Waals surface area contributed by atoms with Crippen LogP contribution in [0.4, 0.5) is 0 Å². The van der Waals surface area contributed by atoms with Gasteiger partial charge in [0.25, 0.3) is 5.88 Å². The van der Waals surface area contributed by atoms with E-state index in [9.17, 15) is 4.79 Å². The van der Waals surface area contributed by atoms with Crippen LogP contribution in [0, 0.1) is 0 Å². The molecule has 0 aliphatic carbocycles. The van der Waals surface area contributed by atoms with Crippen LogP contribution >= 0.6 is 11.6 Å². The molecule has 1 aliphatic rings. The summed E-state index contributed by atoms with van der Waals surface area (Å²) in [6.45, 7) is 0.581. The number of hydrogen-bond acceptors (Lipinski definition) is 6. The number of aldehydes is 1. The van der Waals surface area contributed by atoms with Crippen LogP contribution < -0.4 is 14.8 Å². The fourth-order valence-electron chi connectivity index (χ4n) is 2.28.